The Hall–Kier alpha value is -0.600. The third-order valence-electron chi connectivity index (χ3n) is 2.26. The predicted molar refractivity (Wildman–Crippen MR) is 80.6 cm³/mol. The molecule has 0 aromatic carbocycles. The highest BCUT2D eigenvalue weighted by atomic mass is 79.9. The molecule has 0 aliphatic carbocycles. The molecule has 0 aromatic rings. The number of carbonyl (C=O) groups is 1. The molecule has 0 saturated carbocycles. The van der Waals surface area contributed by atoms with Crippen molar-refractivity contribution < 1.29 is 14.6 Å². The lowest BCUT2D eigenvalue weighted by Gasteiger charge is -2.14. The van der Waals surface area contributed by atoms with Crippen LogP contribution >= 0.6 is 15.9 Å². The summed E-state index contributed by atoms with van der Waals surface area (Å²) in [4.78, 5) is 11.5. The molecule has 108 valence electrons. The van der Waals surface area contributed by atoms with E-state index in [1.807, 2.05) is 19.1 Å². The minimum Gasteiger partial charge on any atom is -0.595 e. The van der Waals surface area contributed by atoms with Crippen LogP contribution in [0.5, 0.6) is 0 Å². The van der Waals surface area contributed by atoms with Crippen molar-refractivity contribution in [2.45, 2.75) is 26.2 Å². The fourth-order valence-corrected chi connectivity index (χ4v) is 1.51. The predicted octanol–water partition coefficient (Wildman–Crippen LogP) is 2.58. The van der Waals surface area contributed by atoms with E-state index in [-0.39, 0.29) is 12.3 Å². The van der Waals surface area contributed by atoms with Crippen molar-refractivity contribution in [1.29, 1.82) is 0 Å². The van der Waals surface area contributed by atoms with Crippen molar-refractivity contribution in [1.82, 2.24) is 10.0 Å². The summed E-state index contributed by atoms with van der Waals surface area (Å²) in [6.07, 6.45) is 8.33. The molecule has 2 N–H and O–H groups in total. The largest absolute Gasteiger partial charge is 0.595 e. The van der Waals surface area contributed by atoms with Crippen LogP contribution in [0, 0.1) is 0 Å². The molecular formula is C12H19BrN2O3S. The molecule has 0 aromatic heterocycles. The smallest absolute Gasteiger partial charge is 0.239 e. The van der Waals surface area contributed by atoms with Gasteiger partial charge in [-0.15, -0.1) is 0 Å². The second-order valence-electron chi connectivity index (χ2n) is 3.67. The molecule has 0 heterocycles. The third kappa shape index (κ3) is 9.01. The quantitative estimate of drug-likeness (QED) is 0.400. The average molecular weight is 351 g/mol. The van der Waals surface area contributed by atoms with Crippen LogP contribution in [0.1, 0.15) is 26.2 Å². The van der Waals surface area contributed by atoms with Gasteiger partial charge in [0, 0.05) is 10.9 Å². The van der Waals surface area contributed by atoms with E-state index in [9.17, 15) is 9.35 Å². The molecule has 0 aliphatic rings. The number of nitrogens with one attached hydrogen (secondary N) is 1. The van der Waals surface area contributed by atoms with Crippen molar-refractivity contribution in [3.8, 4) is 0 Å². The van der Waals surface area contributed by atoms with E-state index in [0.717, 1.165) is 16.5 Å². The van der Waals surface area contributed by atoms with Crippen LogP contribution in [0.15, 0.2) is 34.9 Å². The molecule has 0 bridgehead atoms. The van der Waals surface area contributed by atoms with Crippen LogP contribution < -0.4 is 5.43 Å². The first-order chi connectivity index (χ1) is 8.90. The van der Waals surface area contributed by atoms with E-state index in [1.54, 1.807) is 6.08 Å². The van der Waals surface area contributed by atoms with Gasteiger partial charge < -0.3 is 4.55 Å². The van der Waals surface area contributed by atoms with Gasteiger partial charge >= 0.3 is 0 Å². The Labute approximate surface area is 125 Å². The average Bonchev–Trinajstić information content (AvgIpc) is 2.38. The van der Waals surface area contributed by atoms with Crippen molar-refractivity contribution in [3.63, 3.8) is 0 Å². The van der Waals surface area contributed by atoms with Crippen molar-refractivity contribution in [2.75, 3.05) is 6.26 Å². The van der Waals surface area contributed by atoms with Crippen LogP contribution in [-0.4, -0.2) is 26.5 Å². The van der Waals surface area contributed by atoms with E-state index in [2.05, 4.69) is 27.9 Å². The van der Waals surface area contributed by atoms with Gasteiger partial charge in [0.1, 0.15) is 6.26 Å². The number of halogens is 1. The Morgan fingerprint density at radius 1 is 1.53 bits per heavy atom. The normalized spacial score (nSPS) is 14.4. The lowest BCUT2D eigenvalue weighted by Crippen LogP contribution is -2.43. The van der Waals surface area contributed by atoms with Crippen LogP contribution in [-0.2, 0) is 16.2 Å². The van der Waals surface area contributed by atoms with Gasteiger partial charge in [-0.25, -0.2) is 5.43 Å². The van der Waals surface area contributed by atoms with E-state index < -0.39 is 11.4 Å². The number of rotatable bonds is 8. The SMILES string of the molecule is C=C/C(Br)=C\C=C(/CC)CCC(=O)NN(O)[S+](C)[O-]. The highest BCUT2D eigenvalue weighted by Gasteiger charge is 2.14. The standard InChI is InChI=1S/C12H19BrN2O3S/c1-4-10(6-8-11(13)5-2)7-9-12(16)14-15(17)19(3)18/h5-6,8,17H,2,4,7,9H2,1,3H3,(H,14,16)/b10-6+,11-8+. The van der Waals surface area contributed by atoms with E-state index in [1.165, 1.54) is 6.26 Å². The zero-order chi connectivity index (χ0) is 14.8. The van der Waals surface area contributed by atoms with Crippen molar-refractivity contribution in [2.24, 2.45) is 0 Å². The Morgan fingerprint density at radius 3 is 2.63 bits per heavy atom. The molecule has 1 atom stereocenters. The molecule has 19 heavy (non-hydrogen) atoms. The van der Waals surface area contributed by atoms with E-state index >= 15 is 0 Å². The van der Waals surface area contributed by atoms with Crippen LogP contribution in [0.25, 0.3) is 0 Å². The molecule has 0 aliphatic heterocycles. The number of nitrogens with zero attached hydrogens (tertiary/aromatic N) is 1. The van der Waals surface area contributed by atoms with Gasteiger partial charge in [0.15, 0.2) is 0 Å². The fraction of sp³-hybridized carbons (Fsp3) is 0.417. The van der Waals surface area contributed by atoms with Gasteiger partial charge in [-0.05, 0) is 18.9 Å². The summed E-state index contributed by atoms with van der Waals surface area (Å²) < 4.78 is 12.0. The summed E-state index contributed by atoms with van der Waals surface area (Å²) in [6, 6.07) is 0. The van der Waals surface area contributed by atoms with E-state index in [4.69, 9.17) is 5.21 Å². The summed E-state index contributed by atoms with van der Waals surface area (Å²) in [5, 5.41) is 9.09. The maximum absolute atomic E-state index is 11.5. The van der Waals surface area contributed by atoms with Gasteiger partial charge in [0.05, 0.1) is 15.9 Å². The Morgan fingerprint density at radius 2 is 2.16 bits per heavy atom. The van der Waals surface area contributed by atoms with Crippen LogP contribution in [0.3, 0.4) is 0 Å². The highest BCUT2D eigenvalue weighted by Crippen LogP contribution is 2.12. The molecule has 0 spiro atoms. The summed E-state index contributed by atoms with van der Waals surface area (Å²) in [7, 11) is 0. The monoisotopic (exact) mass is 350 g/mol. The summed E-state index contributed by atoms with van der Waals surface area (Å²) in [5.74, 6) is -0.385. The van der Waals surface area contributed by atoms with Crippen molar-refractivity contribution >= 4 is 33.2 Å². The topological polar surface area (TPSA) is 75.6 Å². The van der Waals surface area contributed by atoms with Crippen molar-refractivity contribution in [3.05, 3.63) is 34.9 Å². The maximum Gasteiger partial charge on any atom is 0.239 e. The second kappa shape index (κ2) is 10.2. The molecule has 5 nitrogen and oxygen atoms in total. The first kappa shape index (κ1) is 18.4. The Kier molecular flexibility index (Phi) is 9.90. The number of hydrazine groups is 1. The zero-order valence-electron chi connectivity index (χ0n) is 11.1. The van der Waals surface area contributed by atoms with Gasteiger partial charge in [0.2, 0.25) is 5.91 Å². The molecule has 0 fully saturated rings. The molecule has 1 unspecified atom stereocenters. The maximum atomic E-state index is 11.5. The summed E-state index contributed by atoms with van der Waals surface area (Å²) >= 11 is 1.67. The molecule has 7 heteroatoms. The summed E-state index contributed by atoms with van der Waals surface area (Å²) in [5.41, 5.74) is 3.21. The third-order valence-corrected chi connectivity index (χ3v) is 3.43. The fourth-order valence-electron chi connectivity index (χ4n) is 1.14. The molecule has 1 amide bonds. The van der Waals surface area contributed by atoms with Gasteiger partial charge in [-0.3, -0.25) is 10.0 Å². The Bertz CT molecular complexity index is 370. The number of hydrogen-bond acceptors (Lipinski definition) is 4. The van der Waals surface area contributed by atoms with E-state index in [0.29, 0.717) is 11.0 Å². The molecule has 0 saturated heterocycles. The first-order valence-electron chi connectivity index (χ1n) is 5.70. The lowest BCUT2D eigenvalue weighted by molar-refractivity contribution is -0.135. The number of amides is 1. The minimum atomic E-state index is -1.64. The molecule has 0 radical (unpaired) electrons. The van der Waals surface area contributed by atoms with Crippen LogP contribution in [0.2, 0.25) is 0 Å². The van der Waals surface area contributed by atoms with Crippen LogP contribution in [0.4, 0.5) is 0 Å². The number of allylic oxidation sites excluding steroid dienone is 5. The van der Waals surface area contributed by atoms with Gasteiger partial charge in [0.25, 0.3) is 0 Å². The highest BCUT2D eigenvalue weighted by molar-refractivity contribution is 9.11. The van der Waals surface area contributed by atoms with Gasteiger partial charge in [-0.2, -0.15) is 0 Å². The summed E-state index contributed by atoms with van der Waals surface area (Å²) in [6.45, 7) is 5.62. The molecule has 0 rings (SSSR count). The second-order valence-corrected chi connectivity index (χ2v) is 5.77. The van der Waals surface area contributed by atoms with Gasteiger partial charge in [-0.1, -0.05) is 47.2 Å². The number of hydrogen-bond donors (Lipinski definition) is 2. The molecular weight excluding hydrogens is 332 g/mol. The zero-order valence-corrected chi connectivity index (χ0v) is 13.5. The minimum absolute atomic E-state index is 0.216. The lowest BCUT2D eigenvalue weighted by atomic mass is 10.1. The Balaban J connectivity index is 4.28. The first-order valence-corrected chi connectivity index (χ1v) is 8.01. The number of carbonyl (C=O) groups excluding carboxylic acids is 1.